The number of fused-ring (bicyclic) bond motifs is 1. The van der Waals surface area contributed by atoms with Crippen LogP contribution < -0.4 is 0 Å². The molecule has 2 aromatic rings. The van der Waals surface area contributed by atoms with Crippen molar-refractivity contribution in [2.75, 3.05) is 0 Å². The van der Waals surface area contributed by atoms with Crippen molar-refractivity contribution in [1.29, 1.82) is 0 Å². The fourth-order valence-corrected chi connectivity index (χ4v) is 1.01. The molecule has 2 aromatic heterocycles. The molecule has 0 bridgehead atoms. The molecule has 56 valence electrons. The van der Waals surface area contributed by atoms with E-state index in [0.717, 1.165) is 11.5 Å². The van der Waals surface area contributed by atoms with Crippen molar-refractivity contribution in [3.8, 4) is 0 Å². The smallest absolute Gasteiger partial charge is 0.220 e. The molecule has 0 saturated carbocycles. The standard InChI is InChI=1S/C7H8N4/c1-5-3-4-8-7-9-6(2)10-11(5)7/h3-4H,1-2H3. The van der Waals surface area contributed by atoms with E-state index in [1.807, 2.05) is 19.9 Å². The molecule has 4 heteroatoms. The largest absolute Gasteiger partial charge is 0.252 e. The lowest BCUT2D eigenvalue weighted by Gasteiger charge is -1.92. The van der Waals surface area contributed by atoms with E-state index in [1.165, 1.54) is 0 Å². The van der Waals surface area contributed by atoms with E-state index in [4.69, 9.17) is 0 Å². The maximum atomic E-state index is 4.16. The fourth-order valence-electron chi connectivity index (χ4n) is 1.01. The normalized spacial score (nSPS) is 10.7. The first-order valence-corrected chi connectivity index (χ1v) is 3.42. The van der Waals surface area contributed by atoms with Crippen molar-refractivity contribution in [2.45, 2.75) is 13.8 Å². The summed E-state index contributed by atoms with van der Waals surface area (Å²) >= 11 is 0. The Morgan fingerprint density at radius 2 is 2.18 bits per heavy atom. The summed E-state index contributed by atoms with van der Waals surface area (Å²) in [5.74, 6) is 1.43. The minimum Gasteiger partial charge on any atom is -0.220 e. The summed E-state index contributed by atoms with van der Waals surface area (Å²) in [5.41, 5.74) is 1.05. The molecule has 0 aromatic carbocycles. The molecular weight excluding hydrogens is 140 g/mol. The summed E-state index contributed by atoms with van der Waals surface area (Å²) in [6, 6.07) is 1.90. The van der Waals surface area contributed by atoms with Gasteiger partial charge < -0.3 is 0 Å². The highest BCUT2D eigenvalue weighted by Crippen LogP contribution is 1.99. The zero-order valence-corrected chi connectivity index (χ0v) is 6.44. The van der Waals surface area contributed by atoms with Crippen molar-refractivity contribution in [1.82, 2.24) is 19.6 Å². The molecule has 0 aliphatic heterocycles. The predicted molar refractivity (Wildman–Crippen MR) is 40.3 cm³/mol. The lowest BCUT2D eigenvalue weighted by atomic mass is 10.5. The van der Waals surface area contributed by atoms with Gasteiger partial charge in [0.1, 0.15) is 5.82 Å². The Kier molecular flexibility index (Phi) is 1.15. The monoisotopic (exact) mass is 148 g/mol. The van der Waals surface area contributed by atoms with Crippen molar-refractivity contribution in [3.05, 3.63) is 23.8 Å². The molecule has 11 heavy (non-hydrogen) atoms. The molecule has 0 amide bonds. The van der Waals surface area contributed by atoms with E-state index < -0.39 is 0 Å². The van der Waals surface area contributed by atoms with E-state index in [2.05, 4.69) is 15.1 Å². The molecule has 0 fully saturated rings. The SMILES string of the molecule is Cc1nc2nccc(C)n2n1. The van der Waals surface area contributed by atoms with Gasteiger partial charge in [-0.1, -0.05) is 0 Å². The molecule has 0 unspecified atom stereocenters. The zero-order valence-electron chi connectivity index (χ0n) is 6.44. The highest BCUT2D eigenvalue weighted by atomic mass is 15.3. The van der Waals surface area contributed by atoms with Gasteiger partial charge in [0, 0.05) is 11.9 Å². The minimum atomic E-state index is 0.669. The summed E-state index contributed by atoms with van der Waals surface area (Å²) < 4.78 is 1.73. The number of aryl methyl sites for hydroxylation is 2. The average molecular weight is 148 g/mol. The van der Waals surface area contributed by atoms with Gasteiger partial charge in [0.25, 0.3) is 5.78 Å². The van der Waals surface area contributed by atoms with Gasteiger partial charge in [0.05, 0.1) is 0 Å². The topological polar surface area (TPSA) is 43.1 Å². The van der Waals surface area contributed by atoms with Crippen LogP contribution in [0.2, 0.25) is 0 Å². The first-order valence-electron chi connectivity index (χ1n) is 3.42. The first-order chi connectivity index (χ1) is 5.27. The Balaban J connectivity index is 2.90. The van der Waals surface area contributed by atoms with Gasteiger partial charge in [-0.15, -0.1) is 0 Å². The second-order valence-corrected chi connectivity index (χ2v) is 2.46. The van der Waals surface area contributed by atoms with Crippen LogP contribution in [0.1, 0.15) is 11.5 Å². The lowest BCUT2D eigenvalue weighted by Crippen LogP contribution is -1.94. The van der Waals surface area contributed by atoms with Gasteiger partial charge in [-0.25, -0.2) is 9.50 Å². The number of hydrogen-bond donors (Lipinski definition) is 0. The summed E-state index contributed by atoms with van der Waals surface area (Å²) in [5, 5.41) is 4.16. The molecule has 4 nitrogen and oxygen atoms in total. The fraction of sp³-hybridized carbons (Fsp3) is 0.286. The van der Waals surface area contributed by atoms with Gasteiger partial charge in [-0.3, -0.25) is 0 Å². The van der Waals surface area contributed by atoms with Gasteiger partial charge in [-0.05, 0) is 19.9 Å². The summed E-state index contributed by atoms with van der Waals surface area (Å²) in [7, 11) is 0. The molecule has 0 spiro atoms. The summed E-state index contributed by atoms with van der Waals surface area (Å²) in [6.07, 6.45) is 1.73. The van der Waals surface area contributed by atoms with E-state index in [1.54, 1.807) is 10.7 Å². The van der Waals surface area contributed by atoms with E-state index >= 15 is 0 Å². The average Bonchev–Trinajstić information content (AvgIpc) is 2.31. The van der Waals surface area contributed by atoms with Crippen molar-refractivity contribution >= 4 is 5.78 Å². The number of rotatable bonds is 0. The highest BCUT2D eigenvalue weighted by molar-refractivity contribution is 5.27. The lowest BCUT2D eigenvalue weighted by molar-refractivity contribution is 0.877. The van der Waals surface area contributed by atoms with Gasteiger partial charge in [-0.2, -0.15) is 10.1 Å². The molecule has 0 radical (unpaired) electrons. The van der Waals surface area contributed by atoms with Crippen LogP contribution in [0.3, 0.4) is 0 Å². The minimum absolute atomic E-state index is 0.669. The van der Waals surface area contributed by atoms with Crippen LogP contribution in [0, 0.1) is 13.8 Å². The van der Waals surface area contributed by atoms with Crippen LogP contribution >= 0.6 is 0 Å². The Hall–Kier alpha value is -1.45. The zero-order chi connectivity index (χ0) is 7.84. The Bertz CT molecular complexity index is 390. The number of aromatic nitrogens is 4. The predicted octanol–water partition coefficient (Wildman–Crippen LogP) is 0.741. The molecule has 0 N–H and O–H groups in total. The van der Waals surface area contributed by atoms with Crippen molar-refractivity contribution < 1.29 is 0 Å². The molecule has 0 atom stereocenters. The second kappa shape index (κ2) is 2.02. The summed E-state index contributed by atoms with van der Waals surface area (Å²) in [4.78, 5) is 8.17. The van der Waals surface area contributed by atoms with Gasteiger partial charge in [0.2, 0.25) is 0 Å². The Labute approximate surface area is 63.9 Å². The number of hydrogen-bond acceptors (Lipinski definition) is 3. The Morgan fingerprint density at radius 1 is 1.36 bits per heavy atom. The molecule has 2 heterocycles. The second-order valence-electron chi connectivity index (χ2n) is 2.46. The van der Waals surface area contributed by atoms with Crippen LogP contribution in [0.15, 0.2) is 12.3 Å². The van der Waals surface area contributed by atoms with E-state index in [9.17, 15) is 0 Å². The summed E-state index contributed by atoms with van der Waals surface area (Å²) in [6.45, 7) is 3.83. The third-order valence-corrected chi connectivity index (χ3v) is 1.54. The van der Waals surface area contributed by atoms with E-state index in [-0.39, 0.29) is 0 Å². The highest BCUT2D eigenvalue weighted by Gasteiger charge is 2.00. The maximum absolute atomic E-state index is 4.16. The van der Waals surface area contributed by atoms with Gasteiger partial charge in [0.15, 0.2) is 0 Å². The van der Waals surface area contributed by atoms with Gasteiger partial charge >= 0.3 is 0 Å². The van der Waals surface area contributed by atoms with Crippen molar-refractivity contribution in [3.63, 3.8) is 0 Å². The molecule has 0 aliphatic rings. The third-order valence-electron chi connectivity index (χ3n) is 1.54. The quantitative estimate of drug-likeness (QED) is 0.553. The molecule has 0 aliphatic carbocycles. The number of nitrogens with zero attached hydrogens (tertiary/aromatic N) is 4. The van der Waals surface area contributed by atoms with Crippen LogP contribution in [0.5, 0.6) is 0 Å². The molecule has 2 rings (SSSR count). The first kappa shape index (κ1) is 6.27. The van der Waals surface area contributed by atoms with Crippen LogP contribution in [0.4, 0.5) is 0 Å². The molecule has 0 saturated heterocycles. The van der Waals surface area contributed by atoms with Crippen LogP contribution in [-0.2, 0) is 0 Å². The molecular formula is C7H8N4. The van der Waals surface area contributed by atoms with Crippen LogP contribution in [0.25, 0.3) is 5.78 Å². The van der Waals surface area contributed by atoms with Crippen LogP contribution in [-0.4, -0.2) is 19.6 Å². The maximum Gasteiger partial charge on any atom is 0.252 e. The third kappa shape index (κ3) is 0.869. The van der Waals surface area contributed by atoms with E-state index in [0.29, 0.717) is 5.78 Å². The van der Waals surface area contributed by atoms with Crippen molar-refractivity contribution in [2.24, 2.45) is 0 Å². The Morgan fingerprint density at radius 3 is 2.91 bits per heavy atom.